The molecule has 0 aromatic carbocycles. The minimum atomic E-state index is -0.993. The molecule has 0 bridgehead atoms. The summed E-state index contributed by atoms with van der Waals surface area (Å²) in [6.07, 6.45) is 3.20. The van der Waals surface area contributed by atoms with Crippen LogP contribution in [0.5, 0.6) is 0 Å². The number of ketones is 1. The molecule has 1 saturated heterocycles. The highest BCUT2D eigenvalue weighted by Gasteiger charge is 2.70. The van der Waals surface area contributed by atoms with Crippen LogP contribution in [-0.2, 0) is 23.9 Å². The highest BCUT2D eigenvalue weighted by Crippen LogP contribution is 2.65. The fraction of sp³-hybridized carbons (Fsp3) is 0.767. The van der Waals surface area contributed by atoms with Crippen molar-refractivity contribution in [2.24, 2.45) is 22.7 Å². The molecule has 10 heteroatoms. The van der Waals surface area contributed by atoms with E-state index in [1.807, 2.05) is 27.7 Å². The number of piperidine rings is 1. The maximum absolute atomic E-state index is 14.0. The molecular weight excluding hydrogens is 512 g/mol. The molecular formula is C30H50N4O6. The van der Waals surface area contributed by atoms with Gasteiger partial charge >= 0.3 is 6.09 Å². The number of unbranched alkanes of at least 4 members (excludes halogenated alkanes) is 1. The van der Waals surface area contributed by atoms with Crippen LogP contribution in [0.3, 0.4) is 0 Å². The van der Waals surface area contributed by atoms with E-state index < -0.39 is 52.8 Å². The molecule has 0 radical (unpaired) electrons. The van der Waals surface area contributed by atoms with E-state index in [-0.39, 0.29) is 29.7 Å². The van der Waals surface area contributed by atoms with E-state index >= 15 is 0 Å². The van der Waals surface area contributed by atoms with Crippen molar-refractivity contribution in [2.75, 3.05) is 13.1 Å². The van der Waals surface area contributed by atoms with E-state index in [1.54, 1.807) is 26.8 Å². The van der Waals surface area contributed by atoms with E-state index in [9.17, 15) is 24.0 Å². The molecule has 1 heterocycles. The van der Waals surface area contributed by atoms with Crippen molar-refractivity contribution in [3.63, 3.8) is 0 Å². The summed E-state index contributed by atoms with van der Waals surface area (Å²) in [5.41, 5.74) is -1.56. The number of amides is 4. The molecule has 226 valence electrons. The van der Waals surface area contributed by atoms with Gasteiger partial charge in [0.15, 0.2) is 0 Å². The molecule has 0 aromatic heterocycles. The first-order valence-electron chi connectivity index (χ1n) is 14.4. The van der Waals surface area contributed by atoms with Crippen LogP contribution < -0.4 is 16.0 Å². The normalized spacial score (nSPS) is 22.8. The lowest BCUT2D eigenvalue weighted by Crippen LogP contribution is -2.60. The number of alkyl carbamates (subject to hydrolysis) is 1. The third kappa shape index (κ3) is 8.07. The number of hydrogen-bond donors (Lipinski definition) is 3. The molecule has 1 aliphatic carbocycles. The van der Waals surface area contributed by atoms with Gasteiger partial charge in [0.2, 0.25) is 17.6 Å². The lowest BCUT2D eigenvalue weighted by Gasteiger charge is -2.38. The number of nitrogens with one attached hydrogen (secondary N) is 3. The monoisotopic (exact) mass is 562 g/mol. The minimum Gasteiger partial charge on any atom is -0.444 e. The molecule has 1 saturated carbocycles. The largest absolute Gasteiger partial charge is 0.444 e. The van der Waals surface area contributed by atoms with Crippen LogP contribution in [0.1, 0.15) is 88.0 Å². The summed E-state index contributed by atoms with van der Waals surface area (Å²) in [5.74, 6) is -2.26. The average Bonchev–Trinajstić information content (AvgIpc) is 3.15. The van der Waals surface area contributed by atoms with Gasteiger partial charge in [0.05, 0.1) is 6.04 Å². The number of rotatable bonds is 12. The van der Waals surface area contributed by atoms with Gasteiger partial charge in [-0.3, -0.25) is 19.2 Å². The van der Waals surface area contributed by atoms with Gasteiger partial charge in [0.25, 0.3) is 5.91 Å². The van der Waals surface area contributed by atoms with E-state index in [2.05, 4.69) is 36.4 Å². The van der Waals surface area contributed by atoms with Crippen molar-refractivity contribution in [3.8, 4) is 0 Å². The smallest absolute Gasteiger partial charge is 0.408 e. The van der Waals surface area contributed by atoms with Gasteiger partial charge in [0.1, 0.15) is 17.7 Å². The molecule has 1 aliphatic heterocycles. The van der Waals surface area contributed by atoms with Crippen molar-refractivity contribution in [1.82, 2.24) is 20.9 Å². The van der Waals surface area contributed by atoms with Crippen LogP contribution in [0.4, 0.5) is 4.79 Å². The second-order valence-corrected chi connectivity index (χ2v) is 13.7. The Balaban J connectivity index is 2.30. The molecule has 40 heavy (non-hydrogen) atoms. The van der Waals surface area contributed by atoms with Crippen molar-refractivity contribution in [3.05, 3.63) is 12.7 Å². The Kier molecular flexibility index (Phi) is 10.6. The van der Waals surface area contributed by atoms with Crippen molar-refractivity contribution < 1.29 is 28.7 Å². The Morgan fingerprint density at radius 2 is 1.70 bits per heavy atom. The summed E-state index contributed by atoms with van der Waals surface area (Å²) >= 11 is 0. The number of Topliss-reactive ketones (excluding diaryl/α,β-unsaturated/α-hetero) is 1. The summed E-state index contributed by atoms with van der Waals surface area (Å²) < 4.78 is 5.41. The first-order valence-corrected chi connectivity index (χ1v) is 14.4. The van der Waals surface area contributed by atoms with Crippen LogP contribution in [0.25, 0.3) is 0 Å². The van der Waals surface area contributed by atoms with Crippen molar-refractivity contribution in [2.45, 2.75) is 112 Å². The second kappa shape index (κ2) is 12.7. The Labute approximate surface area is 239 Å². The highest BCUT2D eigenvalue weighted by atomic mass is 16.6. The first-order chi connectivity index (χ1) is 18.4. The van der Waals surface area contributed by atoms with Gasteiger partial charge < -0.3 is 25.6 Å². The number of ether oxygens (including phenoxy) is 1. The van der Waals surface area contributed by atoms with Gasteiger partial charge in [-0.2, -0.15) is 0 Å². The van der Waals surface area contributed by atoms with Gasteiger partial charge in [0, 0.05) is 13.1 Å². The Morgan fingerprint density at radius 1 is 1.07 bits per heavy atom. The molecule has 0 spiro atoms. The minimum absolute atomic E-state index is 0.0954. The fourth-order valence-corrected chi connectivity index (χ4v) is 5.52. The molecule has 3 N–H and O–H groups in total. The van der Waals surface area contributed by atoms with Crippen molar-refractivity contribution >= 4 is 29.6 Å². The Morgan fingerprint density at radius 3 is 2.23 bits per heavy atom. The molecule has 4 amide bonds. The van der Waals surface area contributed by atoms with Gasteiger partial charge in [-0.05, 0) is 56.3 Å². The summed E-state index contributed by atoms with van der Waals surface area (Å²) in [6.45, 7) is 21.1. The summed E-state index contributed by atoms with van der Waals surface area (Å²) in [6, 6.07) is -2.75. The van der Waals surface area contributed by atoms with Crippen LogP contribution in [0.2, 0.25) is 0 Å². The van der Waals surface area contributed by atoms with Gasteiger partial charge in [-0.25, -0.2) is 4.79 Å². The fourth-order valence-electron chi connectivity index (χ4n) is 5.52. The first kappa shape index (κ1) is 33.3. The third-order valence-corrected chi connectivity index (χ3v) is 7.87. The summed E-state index contributed by atoms with van der Waals surface area (Å²) in [7, 11) is 0. The lowest BCUT2D eigenvalue weighted by atomic mass is 9.85. The third-order valence-electron chi connectivity index (χ3n) is 7.87. The molecule has 2 fully saturated rings. The number of nitrogens with zero attached hydrogens (tertiary/aromatic N) is 1. The molecule has 2 aliphatic rings. The zero-order valence-corrected chi connectivity index (χ0v) is 25.8. The molecule has 2 rings (SSSR count). The maximum atomic E-state index is 14.0. The highest BCUT2D eigenvalue weighted by molar-refractivity contribution is 6.38. The number of carbonyl (C=O) groups is 5. The standard InChI is InChI=1S/C30H50N4O6/c1-11-13-15-19(22(35)25(37)31-16-14-12-2)32-24(36)21-20-18(30(20,9)10)17-34(21)26(38)23(28(3,4)5)33-27(39)40-29(6,7)8/h12,18-21,23H,2,11,13-17H2,1,3-10H3,(H,31,37)(H,32,36)(H,33,39)/t18?,19?,20?,21-,23+/m0/s1. The number of carbonyl (C=O) groups excluding carboxylic acids is 5. The van der Waals surface area contributed by atoms with Gasteiger partial charge in [-0.15, -0.1) is 6.58 Å². The zero-order valence-electron chi connectivity index (χ0n) is 25.8. The topological polar surface area (TPSA) is 134 Å². The Bertz CT molecular complexity index is 993. The number of hydrogen-bond acceptors (Lipinski definition) is 6. The molecule has 5 atom stereocenters. The average molecular weight is 563 g/mol. The van der Waals surface area contributed by atoms with E-state index in [0.717, 1.165) is 6.42 Å². The molecule has 0 aromatic rings. The van der Waals surface area contributed by atoms with Crippen LogP contribution in [0, 0.1) is 22.7 Å². The van der Waals surface area contributed by atoms with E-state index in [1.165, 1.54) is 4.90 Å². The molecule has 3 unspecified atom stereocenters. The van der Waals surface area contributed by atoms with Crippen LogP contribution >= 0.6 is 0 Å². The predicted octanol–water partition coefficient (Wildman–Crippen LogP) is 3.35. The van der Waals surface area contributed by atoms with Crippen LogP contribution in [0.15, 0.2) is 12.7 Å². The van der Waals surface area contributed by atoms with E-state index in [4.69, 9.17) is 4.74 Å². The quantitative estimate of drug-likeness (QED) is 0.190. The predicted molar refractivity (Wildman–Crippen MR) is 153 cm³/mol. The Hall–Kier alpha value is -2.91. The summed E-state index contributed by atoms with van der Waals surface area (Å²) in [5, 5.41) is 8.13. The van der Waals surface area contributed by atoms with Crippen molar-refractivity contribution in [1.29, 1.82) is 0 Å². The maximum Gasteiger partial charge on any atom is 0.408 e. The number of fused-ring (bicyclic) bond motifs is 1. The number of likely N-dealkylation sites (tertiary alicyclic amines) is 1. The zero-order chi connectivity index (χ0) is 30.6. The summed E-state index contributed by atoms with van der Waals surface area (Å²) in [4.78, 5) is 67.5. The van der Waals surface area contributed by atoms with Gasteiger partial charge in [-0.1, -0.05) is 60.5 Å². The van der Waals surface area contributed by atoms with E-state index in [0.29, 0.717) is 25.8 Å². The molecule has 10 nitrogen and oxygen atoms in total. The van der Waals surface area contributed by atoms with Crippen LogP contribution in [-0.4, -0.2) is 71.3 Å². The second-order valence-electron chi connectivity index (χ2n) is 13.7. The lowest BCUT2D eigenvalue weighted by molar-refractivity contribution is -0.145. The SMILES string of the molecule is C=CCCNC(=O)C(=O)C(CCCC)NC(=O)[C@@H]1C2C(CN1C(=O)[C@@H](NC(=O)OC(C)(C)C)C(C)(C)C)C2(C)C.